The molecule has 2 atom stereocenters. The molecule has 0 saturated carbocycles. The van der Waals surface area contributed by atoms with Gasteiger partial charge in [-0.1, -0.05) is 24.8 Å². The van der Waals surface area contributed by atoms with Gasteiger partial charge in [0.2, 0.25) is 0 Å². The number of piperidine rings is 1. The third-order valence-corrected chi connectivity index (χ3v) is 7.42. The summed E-state index contributed by atoms with van der Waals surface area (Å²) in [7, 11) is 1.82. The highest BCUT2D eigenvalue weighted by Crippen LogP contribution is 2.39. The van der Waals surface area contributed by atoms with Crippen molar-refractivity contribution in [3.05, 3.63) is 66.3 Å². The molecule has 0 aliphatic carbocycles. The lowest BCUT2D eigenvalue weighted by Crippen LogP contribution is -2.53. The second kappa shape index (κ2) is 11.6. The molecule has 1 aliphatic rings. The number of halogens is 4. The Kier molecular flexibility index (Phi) is 8.60. The van der Waals surface area contributed by atoms with Gasteiger partial charge in [-0.05, 0) is 45.5 Å². The molecule has 40 heavy (non-hydrogen) atoms. The van der Waals surface area contributed by atoms with Crippen molar-refractivity contribution in [2.45, 2.75) is 43.5 Å². The van der Waals surface area contributed by atoms with E-state index < -0.39 is 22.8 Å². The van der Waals surface area contributed by atoms with Crippen LogP contribution in [0.1, 0.15) is 48.1 Å². The molecule has 7 nitrogen and oxygen atoms in total. The number of carbonyl (C=O) groups is 1. The van der Waals surface area contributed by atoms with Gasteiger partial charge < -0.3 is 15.5 Å². The van der Waals surface area contributed by atoms with E-state index in [2.05, 4.69) is 39.9 Å². The number of thiol groups is 1. The molecule has 1 aromatic carbocycles. The van der Waals surface area contributed by atoms with Gasteiger partial charge in [-0.15, -0.1) is 12.6 Å². The van der Waals surface area contributed by atoms with Crippen LogP contribution in [0, 0.1) is 0 Å². The van der Waals surface area contributed by atoms with Crippen molar-refractivity contribution in [2.24, 2.45) is 0 Å². The van der Waals surface area contributed by atoms with E-state index in [0.717, 1.165) is 0 Å². The summed E-state index contributed by atoms with van der Waals surface area (Å²) in [5, 5.41) is 10.7. The zero-order chi connectivity index (χ0) is 29.2. The Morgan fingerprint density at radius 2 is 2.08 bits per heavy atom. The topological polar surface area (TPSA) is 75.1 Å². The molecule has 2 aromatic heterocycles. The van der Waals surface area contributed by atoms with Crippen LogP contribution in [-0.4, -0.2) is 69.5 Å². The van der Waals surface area contributed by atoms with Crippen molar-refractivity contribution in [1.82, 2.24) is 25.0 Å². The van der Waals surface area contributed by atoms with Gasteiger partial charge >= 0.3 is 6.18 Å². The van der Waals surface area contributed by atoms with Crippen molar-refractivity contribution in [1.29, 1.82) is 0 Å². The lowest BCUT2D eigenvalue weighted by atomic mass is 9.99. The number of pyridine rings is 1. The fraction of sp³-hybridized carbons (Fsp3) is 0.393. The first-order valence-corrected chi connectivity index (χ1v) is 13.3. The minimum Gasteiger partial charge on any atom is -0.368 e. The molecule has 214 valence electrons. The number of fused-ring (bicyclic) bond motifs is 1. The van der Waals surface area contributed by atoms with E-state index in [1.165, 1.54) is 18.3 Å². The van der Waals surface area contributed by atoms with E-state index in [1.54, 1.807) is 35.2 Å². The second-order valence-corrected chi connectivity index (χ2v) is 11.0. The Morgan fingerprint density at radius 1 is 1.32 bits per heavy atom. The number of nitrogens with one attached hydrogen (secondary N) is 2. The molecule has 1 aliphatic heterocycles. The van der Waals surface area contributed by atoms with Crippen molar-refractivity contribution < 1.29 is 22.4 Å². The molecule has 1 saturated heterocycles. The summed E-state index contributed by atoms with van der Waals surface area (Å²) in [5.74, 6) is -0.335. The van der Waals surface area contributed by atoms with E-state index in [1.807, 2.05) is 25.8 Å². The number of allylic oxidation sites excluding steroid dienone is 1. The molecule has 2 N–H and O–H groups in total. The first kappa shape index (κ1) is 29.6. The number of benzene rings is 1. The van der Waals surface area contributed by atoms with Gasteiger partial charge in [0.05, 0.1) is 28.7 Å². The van der Waals surface area contributed by atoms with E-state index in [9.17, 15) is 18.0 Å². The summed E-state index contributed by atoms with van der Waals surface area (Å²) < 4.78 is 57.9. The summed E-state index contributed by atoms with van der Waals surface area (Å²) in [6.07, 6.45) is 0.580. The van der Waals surface area contributed by atoms with Crippen LogP contribution in [0.15, 0.2) is 49.3 Å². The van der Waals surface area contributed by atoms with Gasteiger partial charge in [-0.3, -0.25) is 9.48 Å². The molecule has 3 aromatic rings. The molecular formula is C28H32F4N6OS. The molecule has 0 radical (unpaired) electrons. The molecule has 3 heterocycles. The Balaban J connectivity index is 1.63. The lowest BCUT2D eigenvalue weighted by molar-refractivity contribution is -0.0688. The normalized spacial score (nSPS) is 20.4. The van der Waals surface area contributed by atoms with Crippen LogP contribution < -0.4 is 10.6 Å². The van der Waals surface area contributed by atoms with Crippen LogP contribution in [0.25, 0.3) is 22.4 Å². The number of carbonyl (C=O) groups excluding carboxylic acids is 1. The van der Waals surface area contributed by atoms with Gasteiger partial charge in [0.15, 0.2) is 0 Å². The number of aromatic nitrogens is 3. The van der Waals surface area contributed by atoms with E-state index in [0.29, 0.717) is 29.6 Å². The quantitative estimate of drug-likeness (QED) is 0.181. The number of amides is 1. The maximum atomic E-state index is 15.0. The minimum atomic E-state index is -4.71. The fourth-order valence-electron chi connectivity index (χ4n) is 4.43. The van der Waals surface area contributed by atoms with Crippen LogP contribution in [0.3, 0.4) is 0 Å². The maximum absolute atomic E-state index is 15.0. The minimum absolute atomic E-state index is 0.105. The average molecular weight is 577 g/mol. The molecule has 0 bridgehead atoms. The smallest absolute Gasteiger partial charge is 0.368 e. The summed E-state index contributed by atoms with van der Waals surface area (Å²) in [4.78, 5) is 17.3. The largest absolute Gasteiger partial charge is 0.417 e. The first-order valence-electron chi connectivity index (χ1n) is 12.8. The summed E-state index contributed by atoms with van der Waals surface area (Å²) >= 11 is 4.61. The number of hydrogen-bond acceptors (Lipinski definition) is 6. The number of nitrogens with zero attached hydrogens (tertiary/aromatic N) is 4. The van der Waals surface area contributed by atoms with Crippen molar-refractivity contribution in [3.8, 4) is 0 Å². The van der Waals surface area contributed by atoms with Crippen LogP contribution >= 0.6 is 12.6 Å². The third-order valence-electron chi connectivity index (χ3n) is 6.80. The van der Waals surface area contributed by atoms with Crippen molar-refractivity contribution >= 4 is 46.6 Å². The molecule has 0 unspecified atom stereocenters. The van der Waals surface area contributed by atoms with E-state index in [-0.39, 0.29) is 41.8 Å². The number of rotatable bonds is 8. The molecule has 12 heteroatoms. The molecule has 0 spiro atoms. The molecule has 1 amide bonds. The number of alkyl halides is 4. The highest BCUT2D eigenvalue weighted by molar-refractivity contribution is 7.82. The summed E-state index contributed by atoms with van der Waals surface area (Å²) in [6.45, 7) is 8.03. The highest BCUT2D eigenvalue weighted by atomic mass is 32.1. The summed E-state index contributed by atoms with van der Waals surface area (Å²) in [6, 6.07) is 6.52. The van der Waals surface area contributed by atoms with E-state index in [4.69, 9.17) is 0 Å². The first-order chi connectivity index (χ1) is 18.8. The van der Waals surface area contributed by atoms with Crippen molar-refractivity contribution in [2.75, 3.05) is 32.0 Å². The second-order valence-electron chi connectivity index (χ2n) is 10.2. The van der Waals surface area contributed by atoms with E-state index >= 15 is 4.39 Å². The molecule has 4 rings (SSSR count). The SMILES string of the molecule is C=C(c1nc(/C=C/CNC(=O)c2cnn(C(C)C)c2)cc2c(N[C@@]3(S)CCN(C)C[C@@H]3F)cccc12)C(F)(F)F. The molecular weight excluding hydrogens is 544 g/mol. The van der Waals surface area contributed by atoms with Gasteiger partial charge in [-0.2, -0.15) is 18.3 Å². The predicted molar refractivity (Wildman–Crippen MR) is 153 cm³/mol. The van der Waals surface area contributed by atoms with Crippen molar-refractivity contribution in [3.63, 3.8) is 0 Å². The van der Waals surface area contributed by atoms with Crippen LogP contribution in [-0.2, 0) is 0 Å². The standard InChI is InChI=1S/C28H32F4N6OS/c1-17(2)38-15-19(14-34-38)26(39)33-11-6-7-20-13-22-21(25(35-20)18(3)28(30,31)32)8-5-9-23(22)36-27(40)10-12-37(4)16-24(27)29/h5-9,13-15,17,24,36,40H,3,10-12,16H2,1-2,4H3,(H,33,39)/b7-6+/t24-,27+/m0/s1. The van der Waals surface area contributed by atoms with Gasteiger partial charge in [-0.25, -0.2) is 9.37 Å². The van der Waals surface area contributed by atoms with Gasteiger partial charge in [0.1, 0.15) is 11.0 Å². The third kappa shape index (κ3) is 6.49. The monoisotopic (exact) mass is 576 g/mol. The Hall–Kier alpha value is -3.38. The van der Waals surface area contributed by atoms with Crippen LogP contribution in [0.5, 0.6) is 0 Å². The lowest BCUT2D eigenvalue weighted by Gasteiger charge is -2.41. The van der Waals surface area contributed by atoms with Crippen LogP contribution in [0.4, 0.5) is 23.2 Å². The predicted octanol–water partition coefficient (Wildman–Crippen LogP) is 5.74. The number of hydrogen-bond donors (Lipinski definition) is 3. The Labute approximate surface area is 235 Å². The Bertz CT molecular complexity index is 1440. The van der Waals surface area contributed by atoms with Gasteiger partial charge in [0, 0.05) is 48.3 Å². The average Bonchev–Trinajstić information content (AvgIpc) is 3.39. The van der Waals surface area contributed by atoms with Gasteiger partial charge in [0.25, 0.3) is 5.91 Å². The zero-order valence-electron chi connectivity index (χ0n) is 22.5. The zero-order valence-corrected chi connectivity index (χ0v) is 23.4. The summed E-state index contributed by atoms with van der Waals surface area (Å²) in [5.41, 5.74) is -0.373. The number of anilines is 1. The van der Waals surface area contributed by atoms with Crippen LogP contribution in [0.2, 0.25) is 0 Å². The number of likely N-dealkylation sites (tertiary alicyclic amines) is 1. The highest BCUT2D eigenvalue weighted by Gasteiger charge is 2.40. The Morgan fingerprint density at radius 3 is 2.73 bits per heavy atom. The maximum Gasteiger partial charge on any atom is 0.417 e. The fourth-order valence-corrected chi connectivity index (χ4v) is 4.74. The molecule has 1 fully saturated rings.